The second kappa shape index (κ2) is 4.85. The van der Waals surface area contributed by atoms with Gasteiger partial charge in [0.15, 0.2) is 0 Å². The highest BCUT2D eigenvalue weighted by atomic mass is 16.7. The summed E-state index contributed by atoms with van der Waals surface area (Å²) in [5, 5.41) is 3.86. The Morgan fingerprint density at radius 3 is 2.58 bits per heavy atom. The standard InChI is InChI=1S/C13H20N2O4/c1-8(14-12(17)18-13(2,3)4)11(16)15-9-5-6-10(7-9)19-15/h5-6,8-10H,7H2,1-4H3,(H,14,17)/t8-,9-,10+/m0/s1. The number of hydroxylamine groups is 2. The number of hydrogen-bond donors (Lipinski definition) is 1. The second-order valence-electron chi connectivity index (χ2n) is 5.86. The van der Waals surface area contributed by atoms with Crippen LogP contribution in [0.15, 0.2) is 12.2 Å². The van der Waals surface area contributed by atoms with Crippen LogP contribution in [0.4, 0.5) is 4.79 Å². The van der Waals surface area contributed by atoms with E-state index in [2.05, 4.69) is 5.32 Å². The fourth-order valence-corrected chi connectivity index (χ4v) is 2.08. The summed E-state index contributed by atoms with van der Waals surface area (Å²) in [6, 6.07) is -0.692. The molecular formula is C13H20N2O4. The molecule has 106 valence electrons. The van der Waals surface area contributed by atoms with E-state index in [1.165, 1.54) is 5.06 Å². The molecule has 6 nitrogen and oxygen atoms in total. The first-order valence-electron chi connectivity index (χ1n) is 6.44. The van der Waals surface area contributed by atoms with Crippen molar-refractivity contribution in [1.29, 1.82) is 0 Å². The van der Waals surface area contributed by atoms with Crippen LogP contribution in [0.25, 0.3) is 0 Å². The minimum absolute atomic E-state index is 0.0114. The van der Waals surface area contributed by atoms with Gasteiger partial charge in [0, 0.05) is 6.42 Å². The van der Waals surface area contributed by atoms with Gasteiger partial charge >= 0.3 is 6.09 Å². The average molecular weight is 268 g/mol. The number of amides is 2. The molecule has 0 saturated carbocycles. The van der Waals surface area contributed by atoms with Crippen molar-refractivity contribution in [3.63, 3.8) is 0 Å². The Kier molecular flexibility index (Phi) is 3.54. The topological polar surface area (TPSA) is 67.9 Å². The molecule has 19 heavy (non-hydrogen) atoms. The molecule has 2 aliphatic rings. The first-order chi connectivity index (χ1) is 8.76. The van der Waals surface area contributed by atoms with Gasteiger partial charge in [0.05, 0.1) is 6.04 Å². The zero-order chi connectivity index (χ0) is 14.2. The Bertz CT molecular complexity index is 413. The molecule has 1 N–H and O–H groups in total. The molecule has 1 aliphatic heterocycles. The van der Waals surface area contributed by atoms with E-state index in [0.29, 0.717) is 0 Å². The fraction of sp³-hybridized carbons (Fsp3) is 0.692. The van der Waals surface area contributed by atoms with Crippen LogP contribution in [0, 0.1) is 0 Å². The van der Waals surface area contributed by atoms with Crippen molar-refractivity contribution >= 4 is 12.0 Å². The molecule has 1 saturated heterocycles. The summed E-state index contributed by atoms with van der Waals surface area (Å²) in [4.78, 5) is 29.2. The van der Waals surface area contributed by atoms with E-state index in [1.807, 2.05) is 12.2 Å². The van der Waals surface area contributed by atoms with E-state index in [9.17, 15) is 9.59 Å². The van der Waals surface area contributed by atoms with Crippen molar-refractivity contribution in [2.24, 2.45) is 0 Å². The monoisotopic (exact) mass is 268 g/mol. The number of nitrogens with zero attached hydrogens (tertiary/aromatic N) is 1. The van der Waals surface area contributed by atoms with E-state index >= 15 is 0 Å². The summed E-state index contributed by atoms with van der Waals surface area (Å²) in [5.41, 5.74) is -0.585. The quantitative estimate of drug-likeness (QED) is 0.768. The van der Waals surface area contributed by atoms with E-state index in [0.717, 1.165) is 6.42 Å². The molecule has 1 heterocycles. The number of ether oxygens (including phenoxy) is 1. The molecule has 0 unspecified atom stereocenters. The molecule has 1 aliphatic carbocycles. The molecule has 0 spiro atoms. The van der Waals surface area contributed by atoms with E-state index in [4.69, 9.17) is 9.57 Å². The first kappa shape index (κ1) is 13.9. The van der Waals surface area contributed by atoms with Gasteiger partial charge in [-0.05, 0) is 27.7 Å². The van der Waals surface area contributed by atoms with Gasteiger partial charge in [0.2, 0.25) is 0 Å². The lowest BCUT2D eigenvalue weighted by molar-refractivity contribution is -0.184. The molecule has 6 heteroatoms. The maximum absolute atomic E-state index is 12.1. The Labute approximate surface area is 112 Å². The summed E-state index contributed by atoms with van der Waals surface area (Å²) >= 11 is 0. The van der Waals surface area contributed by atoms with Crippen LogP contribution in [0.1, 0.15) is 34.1 Å². The molecule has 0 aromatic rings. The van der Waals surface area contributed by atoms with Crippen LogP contribution in [-0.2, 0) is 14.4 Å². The minimum atomic E-state index is -0.678. The molecule has 1 fully saturated rings. The smallest absolute Gasteiger partial charge is 0.408 e. The SMILES string of the molecule is C[C@H](NC(=O)OC(C)(C)C)C(=O)N1O[C@@H]2C=C[C@H]1C2. The molecule has 0 radical (unpaired) electrons. The number of carbonyl (C=O) groups excluding carboxylic acids is 2. The third-order valence-corrected chi connectivity index (χ3v) is 2.89. The van der Waals surface area contributed by atoms with E-state index in [-0.39, 0.29) is 18.1 Å². The van der Waals surface area contributed by atoms with Crippen molar-refractivity contribution in [2.45, 2.75) is 57.9 Å². The minimum Gasteiger partial charge on any atom is -0.444 e. The number of fused-ring (bicyclic) bond motifs is 2. The van der Waals surface area contributed by atoms with Crippen LogP contribution in [-0.4, -0.2) is 40.9 Å². The maximum atomic E-state index is 12.1. The van der Waals surface area contributed by atoms with E-state index in [1.54, 1.807) is 27.7 Å². The molecule has 2 amide bonds. The number of hydrogen-bond acceptors (Lipinski definition) is 4. The van der Waals surface area contributed by atoms with Crippen LogP contribution in [0.3, 0.4) is 0 Å². The first-order valence-corrected chi connectivity index (χ1v) is 6.44. The number of carbonyl (C=O) groups is 2. The second-order valence-corrected chi connectivity index (χ2v) is 5.86. The summed E-state index contributed by atoms with van der Waals surface area (Å²) in [5.74, 6) is -0.261. The Hall–Kier alpha value is -1.56. The zero-order valence-electron chi connectivity index (χ0n) is 11.7. The molecule has 0 aromatic carbocycles. The predicted molar refractivity (Wildman–Crippen MR) is 68.1 cm³/mol. The largest absolute Gasteiger partial charge is 0.444 e. The molecule has 2 bridgehead atoms. The molecule has 2 rings (SSSR count). The third kappa shape index (κ3) is 3.26. The van der Waals surface area contributed by atoms with Gasteiger partial charge in [0.1, 0.15) is 17.7 Å². The lowest BCUT2D eigenvalue weighted by atomic mass is 10.2. The Morgan fingerprint density at radius 1 is 1.42 bits per heavy atom. The summed E-state index contributed by atoms with van der Waals surface area (Å²) in [6.45, 7) is 6.93. The molecule has 3 atom stereocenters. The lowest BCUT2D eigenvalue weighted by Crippen LogP contribution is -2.49. The highest BCUT2D eigenvalue weighted by Gasteiger charge is 2.40. The number of rotatable bonds is 2. The van der Waals surface area contributed by atoms with Crippen LogP contribution < -0.4 is 5.32 Å². The van der Waals surface area contributed by atoms with Gasteiger partial charge in [-0.25, -0.2) is 9.86 Å². The van der Waals surface area contributed by atoms with Crippen LogP contribution in [0.2, 0.25) is 0 Å². The van der Waals surface area contributed by atoms with Crippen molar-refractivity contribution in [3.05, 3.63) is 12.2 Å². The average Bonchev–Trinajstić information content (AvgIpc) is 2.86. The number of alkyl carbamates (subject to hydrolysis) is 1. The normalized spacial score (nSPS) is 26.4. The Balaban J connectivity index is 1.86. The highest BCUT2D eigenvalue weighted by Crippen LogP contribution is 2.29. The molecular weight excluding hydrogens is 248 g/mol. The van der Waals surface area contributed by atoms with Gasteiger partial charge < -0.3 is 10.1 Å². The zero-order valence-corrected chi connectivity index (χ0v) is 11.7. The van der Waals surface area contributed by atoms with Gasteiger partial charge in [-0.3, -0.25) is 9.63 Å². The Morgan fingerprint density at radius 2 is 2.11 bits per heavy atom. The number of nitrogens with one attached hydrogen (secondary N) is 1. The van der Waals surface area contributed by atoms with E-state index < -0.39 is 17.7 Å². The third-order valence-electron chi connectivity index (χ3n) is 2.89. The summed E-state index contributed by atoms with van der Waals surface area (Å²) in [6.07, 6.45) is 4.08. The van der Waals surface area contributed by atoms with Crippen LogP contribution >= 0.6 is 0 Å². The summed E-state index contributed by atoms with van der Waals surface area (Å²) in [7, 11) is 0. The predicted octanol–water partition coefficient (Wildman–Crippen LogP) is 1.37. The van der Waals surface area contributed by atoms with Crippen molar-refractivity contribution < 1.29 is 19.2 Å². The fourth-order valence-electron chi connectivity index (χ4n) is 2.08. The van der Waals surface area contributed by atoms with Gasteiger partial charge in [-0.15, -0.1) is 0 Å². The highest BCUT2D eigenvalue weighted by molar-refractivity contribution is 5.85. The molecule has 0 aromatic heterocycles. The van der Waals surface area contributed by atoms with Crippen molar-refractivity contribution in [1.82, 2.24) is 10.4 Å². The lowest BCUT2D eigenvalue weighted by Gasteiger charge is -2.27. The van der Waals surface area contributed by atoms with Gasteiger partial charge in [-0.2, -0.15) is 0 Å². The maximum Gasteiger partial charge on any atom is 0.408 e. The van der Waals surface area contributed by atoms with Gasteiger partial charge in [-0.1, -0.05) is 12.2 Å². The van der Waals surface area contributed by atoms with Gasteiger partial charge in [0.25, 0.3) is 5.91 Å². The van der Waals surface area contributed by atoms with Crippen molar-refractivity contribution in [3.8, 4) is 0 Å². The van der Waals surface area contributed by atoms with Crippen molar-refractivity contribution in [2.75, 3.05) is 0 Å². The van der Waals surface area contributed by atoms with Crippen LogP contribution in [0.5, 0.6) is 0 Å². The summed E-state index contributed by atoms with van der Waals surface area (Å²) < 4.78 is 5.11.